The molecule has 4 heteroatoms. The van der Waals surface area contributed by atoms with Crippen LogP contribution in [0.15, 0.2) is 0 Å². The summed E-state index contributed by atoms with van der Waals surface area (Å²) in [6, 6.07) is 2.22. The van der Waals surface area contributed by atoms with Crippen molar-refractivity contribution < 1.29 is 9.50 Å². The average Bonchev–Trinajstić information content (AvgIpc) is 2.19. The highest BCUT2D eigenvalue weighted by Crippen LogP contribution is 2.33. The number of aliphatic hydroxyl groups is 1. The van der Waals surface area contributed by atoms with Gasteiger partial charge in [-0.25, -0.2) is 4.39 Å². The molecule has 74 valence electrons. The number of piperidine rings is 1. The Bertz CT molecular complexity index is 196. The first-order chi connectivity index (χ1) is 6.22. The Morgan fingerprint density at radius 2 is 2.15 bits per heavy atom. The molecule has 1 atom stereocenters. The fourth-order valence-corrected chi connectivity index (χ4v) is 1.77. The largest absolute Gasteiger partial charge is 0.390 e. The van der Waals surface area contributed by atoms with Crippen LogP contribution in [0.25, 0.3) is 0 Å². The van der Waals surface area contributed by atoms with Crippen molar-refractivity contribution in [3.05, 3.63) is 0 Å². The van der Waals surface area contributed by atoms with Crippen LogP contribution in [0.3, 0.4) is 0 Å². The zero-order valence-corrected chi connectivity index (χ0v) is 7.59. The van der Waals surface area contributed by atoms with E-state index < -0.39 is 18.2 Å². The Morgan fingerprint density at radius 1 is 1.54 bits per heavy atom. The fourth-order valence-electron chi connectivity index (χ4n) is 1.77. The van der Waals surface area contributed by atoms with Gasteiger partial charge in [-0.15, -0.1) is 0 Å². The molecule has 1 aliphatic heterocycles. The van der Waals surface area contributed by atoms with E-state index in [0.717, 1.165) is 13.1 Å². The maximum Gasteiger partial charge on any atom is 0.115 e. The normalized spacial score (nSPS) is 23.5. The van der Waals surface area contributed by atoms with Crippen LogP contribution in [-0.4, -0.2) is 31.0 Å². The van der Waals surface area contributed by atoms with E-state index in [1.165, 1.54) is 0 Å². The Kier molecular flexibility index (Phi) is 3.64. The molecule has 0 bridgehead atoms. The SMILES string of the molecule is N#CC1(CC(O)CF)CCNCC1. The highest BCUT2D eigenvalue weighted by Gasteiger charge is 2.34. The lowest BCUT2D eigenvalue weighted by molar-refractivity contribution is 0.0830. The zero-order valence-electron chi connectivity index (χ0n) is 7.59. The van der Waals surface area contributed by atoms with Gasteiger partial charge in [-0.2, -0.15) is 5.26 Å². The molecule has 0 radical (unpaired) electrons. The first-order valence-corrected chi connectivity index (χ1v) is 4.58. The maximum absolute atomic E-state index is 12.1. The molecule has 0 aromatic carbocycles. The number of hydrogen-bond acceptors (Lipinski definition) is 3. The van der Waals surface area contributed by atoms with E-state index in [4.69, 9.17) is 10.4 Å². The van der Waals surface area contributed by atoms with Crippen LogP contribution in [0, 0.1) is 16.7 Å². The molecule has 2 N–H and O–H groups in total. The Balaban J connectivity index is 2.53. The molecule has 1 heterocycles. The minimum Gasteiger partial charge on any atom is -0.390 e. The third-order valence-corrected chi connectivity index (χ3v) is 2.60. The zero-order chi connectivity index (χ0) is 9.73. The van der Waals surface area contributed by atoms with Gasteiger partial charge in [0.2, 0.25) is 0 Å². The van der Waals surface area contributed by atoms with Crippen LogP contribution in [-0.2, 0) is 0 Å². The van der Waals surface area contributed by atoms with Gasteiger partial charge >= 0.3 is 0 Å². The van der Waals surface area contributed by atoms with Gasteiger partial charge in [0.25, 0.3) is 0 Å². The molecular formula is C9H15FN2O. The lowest BCUT2D eigenvalue weighted by atomic mass is 9.76. The average molecular weight is 186 g/mol. The Morgan fingerprint density at radius 3 is 2.62 bits per heavy atom. The summed E-state index contributed by atoms with van der Waals surface area (Å²) >= 11 is 0. The molecule has 0 aromatic heterocycles. The molecule has 0 spiro atoms. The van der Waals surface area contributed by atoms with Crippen molar-refractivity contribution in [3.8, 4) is 6.07 Å². The van der Waals surface area contributed by atoms with E-state index in [1.807, 2.05) is 0 Å². The third-order valence-electron chi connectivity index (χ3n) is 2.60. The van der Waals surface area contributed by atoms with E-state index in [1.54, 1.807) is 0 Å². The van der Waals surface area contributed by atoms with Gasteiger partial charge in [-0.1, -0.05) is 0 Å². The summed E-state index contributed by atoms with van der Waals surface area (Å²) in [5.74, 6) is 0. The number of nitrogens with zero attached hydrogens (tertiary/aromatic N) is 1. The van der Waals surface area contributed by atoms with E-state index >= 15 is 0 Å². The van der Waals surface area contributed by atoms with Crippen molar-refractivity contribution in [1.82, 2.24) is 5.32 Å². The van der Waals surface area contributed by atoms with Crippen molar-refractivity contribution in [3.63, 3.8) is 0 Å². The predicted molar refractivity (Wildman–Crippen MR) is 46.7 cm³/mol. The van der Waals surface area contributed by atoms with Gasteiger partial charge in [-0.05, 0) is 32.4 Å². The van der Waals surface area contributed by atoms with Gasteiger partial charge in [0.1, 0.15) is 6.67 Å². The van der Waals surface area contributed by atoms with E-state index in [0.29, 0.717) is 12.8 Å². The van der Waals surface area contributed by atoms with Gasteiger partial charge in [0.05, 0.1) is 17.6 Å². The summed E-state index contributed by atoms with van der Waals surface area (Å²) in [7, 11) is 0. The van der Waals surface area contributed by atoms with Crippen LogP contribution >= 0.6 is 0 Å². The summed E-state index contributed by atoms with van der Waals surface area (Å²) in [6.07, 6.45) is 0.709. The lowest BCUT2D eigenvalue weighted by Gasteiger charge is -2.32. The monoisotopic (exact) mass is 186 g/mol. The fraction of sp³-hybridized carbons (Fsp3) is 0.889. The summed E-state index contributed by atoms with van der Waals surface area (Å²) in [6.45, 7) is 0.815. The van der Waals surface area contributed by atoms with Gasteiger partial charge < -0.3 is 10.4 Å². The molecule has 0 amide bonds. The molecular weight excluding hydrogens is 171 g/mol. The van der Waals surface area contributed by atoms with Crippen LogP contribution in [0.5, 0.6) is 0 Å². The van der Waals surface area contributed by atoms with Gasteiger partial charge in [0, 0.05) is 0 Å². The van der Waals surface area contributed by atoms with E-state index in [9.17, 15) is 4.39 Å². The third kappa shape index (κ3) is 2.64. The first kappa shape index (κ1) is 10.4. The molecule has 0 saturated carbocycles. The lowest BCUT2D eigenvalue weighted by Crippen LogP contribution is -2.38. The van der Waals surface area contributed by atoms with E-state index in [-0.39, 0.29) is 6.42 Å². The first-order valence-electron chi connectivity index (χ1n) is 4.58. The molecule has 1 fully saturated rings. The Labute approximate surface area is 77.6 Å². The van der Waals surface area contributed by atoms with Crippen molar-refractivity contribution in [2.75, 3.05) is 19.8 Å². The summed E-state index contributed by atoms with van der Waals surface area (Å²) < 4.78 is 12.1. The highest BCUT2D eigenvalue weighted by atomic mass is 19.1. The molecule has 1 unspecified atom stereocenters. The van der Waals surface area contributed by atoms with Crippen molar-refractivity contribution in [1.29, 1.82) is 5.26 Å². The maximum atomic E-state index is 12.1. The minimum absolute atomic E-state index is 0.266. The quantitative estimate of drug-likeness (QED) is 0.678. The number of hydrogen-bond donors (Lipinski definition) is 2. The van der Waals surface area contributed by atoms with Crippen LogP contribution < -0.4 is 5.32 Å². The van der Waals surface area contributed by atoms with Gasteiger partial charge in [0.15, 0.2) is 0 Å². The van der Waals surface area contributed by atoms with Crippen LogP contribution in [0.4, 0.5) is 4.39 Å². The van der Waals surface area contributed by atoms with Crippen LogP contribution in [0.1, 0.15) is 19.3 Å². The molecule has 3 nitrogen and oxygen atoms in total. The second kappa shape index (κ2) is 4.54. The second-order valence-electron chi connectivity index (χ2n) is 3.65. The highest BCUT2D eigenvalue weighted by molar-refractivity contribution is 5.02. The number of aliphatic hydroxyl groups excluding tert-OH is 1. The molecule has 1 aliphatic rings. The topological polar surface area (TPSA) is 56.0 Å². The number of nitrogens with one attached hydrogen (secondary N) is 1. The smallest absolute Gasteiger partial charge is 0.115 e. The summed E-state index contributed by atoms with van der Waals surface area (Å²) in [4.78, 5) is 0. The van der Waals surface area contributed by atoms with Crippen molar-refractivity contribution in [2.45, 2.75) is 25.4 Å². The number of halogens is 1. The number of alkyl halides is 1. The van der Waals surface area contributed by atoms with Gasteiger partial charge in [-0.3, -0.25) is 0 Å². The minimum atomic E-state index is -0.974. The molecule has 0 aliphatic carbocycles. The summed E-state index contributed by atoms with van der Waals surface area (Å²) in [5, 5.41) is 21.3. The van der Waals surface area contributed by atoms with Crippen molar-refractivity contribution >= 4 is 0 Å². The van der Waals surface area contributed by atoms with Crippen LogP contribution in [0.2, 0.25) is 0 Å². The number of rotatable bonds is 3. The standard InChI is InChI=1S/C9H15FN2O/c10-6-8(13)5-9(7-11)1-3-12-4-2-9/h8,12-13H,1-6H2. The van der Waals surface area contributed by atoms with E-state index in [2.05, 4.69) is 11.4 Å². The molecule has 0 aromatic rings. The molecule has 1 saturated heterocycles. The predicted octanol–water partition coefficient (Wildman–Crippen LogP) is 0.600. The Hall–Kier alpha value is -0.660. The number of nitriles is 1. The second-order valence-corrected chi connectivity index (χ2v) is 3.65. The molecule has 13 heavy (non-hydrogen) atoms. The van der Waals surface area contributed by atoms with Crippen molar-refractivity contribution in [2.24, 2.45) is 5.41 Å². The molecule has 1 rings (SSSR count). The summed E-state index contributed by atoms with van der Waals surface area (Å²) in [5.41, 5.74) is -0.503.